The molecule has 0 amide bonds. The van der Waals surface area contributed by atoms with Gasteiger partial charge in [-0.05, 0) is 26.4 Å². The second-order valence-corrected chi connectivity index (χ2v) is 3.24. The van der Waals surface area contributed by atoms with Crippen molar-refractivity contribution in [1.82, 2.24) is 4.90 Å². The van der Waals surface area contributed by atoms with Crippen LogP contribution in [-0.2, 0) is 4.79 Å². The molecular weight excluding hydrogens is 150 g/mol. The summed E-state index contributed by atoms with van der Waals surface area (Å²) < 4.78 is 0. The third kappa shape index (κ3) is 1.50. The van der Waals surface area contributed by atoms with E-state index < -0.39 is 0 Å². The van der Waals surface area contributed by atoms with E-state index in [0.717, 1.165) is 25.7 Å². The Morgan fingerprint density at radius 3 is 2.90 bits per heavy atom. The van der Waals surface area contributed by atoms with Crippen LogP contribution in [0.1, 0.15) is 12.8 Å². The van der Waals surface area contributed by atoms with Gasteiger partial charge in [0.15, 0.2) is 0 Å². The lowest BCUT2D eigenvalue weighted by atomic mass is 10.00. The topological polar surface area (TPSA) is 20.3 Å². The van der Waals surface area contributed by atoms with Crippen LogP contribution in [0.5, 0.6) is 0 Å². The number of halogens is 1. The number of carbonyl (C=O) groups is 1. The molecule has 0 bridgehead atoms. The minimum Gasteiger partial charge on any atom is -0.303 e. The summed E-state index contributed by atoms with van der Waals surface area (Å²) in [5, 5.41) is 0. The van der Waals surface area contributed by atoms with Gasteiger partial charge in [0.2, 0.25) is 0 Å². The smallest absolute Gasteiger partial charge is 0.125 e. The van der Waals surface area contributed by atoms with Crippen molar-refractivity contribution in [3.05, 3.63) is 0 Å². The number of carbonyl (C=O) groups excluding carboxylic acids is 1. The lowest BCUT2D eigenvalue weighted by Crippen LogP contribution is -2.39. The van der Waals surface area contributed by atoms with Gasteiger partial charge in [-0.2, -0.15) is 0 Å². The van der Waals surface area contributed by atoms with Gasteiger partial charge in [-0.1, -0.05) is 0 Å². The fourth-order valence-electron chi connectivity index (χ4n) is 1.30. The van der Waals surface area contributed by atoms with Crippen molar-refractivity contribution in [3.8, 4) is 0 Å². The molecule has 1 rings (SSSR count). The molecule has 1 fully saturated rings. The first-order valence-corrected chi connectivity index (χ1v) is 3.99. The number of hydrogen-bond acceptors (Lipinski definition) is 2. The van der Waals surface area contributed by atoms with Crippen molar-refractivity contribution in [2.45, 2.75) is 18.3 Å². The first-order valence-electron chi connectivity index (χ1n) is 3.55. The van der Waals surface area contributed by atoms with Crippen molar-refractivity contribution in [3.63, 3.8) is 0 Å². The molecule has 1 aliphatic heterocycles. The molecule has 3 heteroatoms. The molecule has 0 aromatic carbocycles. The monoisotopic (exact) mass is 161 g/mol. The van der Waals surface area contributed by atoms with Crippen LogP contribution in [-0.4, -0.2) is 30.3 Å². The van der Waals surface area contributed by atoms with E-state index in [1.54, 1.807) is 0 Å². The van der Waals surface area contributed by atoms with Crippen molar-refractivity contribution in [1.29, 1.82) is 0 Å². The van der Waals surface area contributed by atoms with Crippen LogP contribution >= 0.6 is 11.6 Å². The highest BCUT2D eigenvalue weighted by Crippen LogP contribution is 2.22. The lowest BCUT2D eigenvalue weighted by Gasteiger charge is -2.31. The van der Waals surface area contributed by atoms with Crippen LogP contribution in [0.2, 0.25) is 0 Å². The maximum atomic E-state index is 10.4. The quantitative estimate of drug-likeness (QED) is 0.326. The van der Waals surface area contributed by atoms with Gasteiger partial charge in [-0.3, -0.25) is 4.90 Å². The minimum atomic E-state index is -0.0775. The van der Waals surface area contributed by atoms with E-state index in [2.05, 4.69) is 0 Å². The predicted molar refractivity (Wildman–Crippen MR) is 41.1 cm³/mol. The molecule has 0 aromatic rings. The zero-order chi connectivity index (χ0) is 7.56. The summed E-state index contributed by atoms with van der Waals surface area (Å²) in [6, 6.07) is 0. The van der Waals surface area contributed by atoms with Crippen LogP contribution in [0.3, 0.4) is 0 Å². The second kappa shape index (κ2) is 3.35. The van der Waals surface area contributed by atoms with Gasteiger partial charge < -0.3 is 4.79 Å². The summed E-state index contributed by atoms with van der Waals surface area (Å²) in [6.45, 7) is 1.01. The normalized spacial score (nSPS) is 35.8. The van der Waals surface area contributed by atoms with E-state index in [9.17, 15) is 4.79 Å². The maximum absolute atomic E-state index is 10.4. The third-order valence-electron chi connectivity index (χ3n) is 2.00. The van der Waals surface area contributed by atoms with Gasteiger partial charge in [0.05, 0.1) is 5.50 Å². The first kappa shape index (κ1) is 8.02. The van der Waals surface area contributed by atoms with E-state index in [0.29, 0.717) is 0 Å². The number of piperidine rings is 1. The summed E-state index contributed by atoms with van der Waals surface area (Å²) >= 11 is 5.93. The van der Waals surface area contributed by atoms with Gasteiger partial charge in [-0.25, -0.2) is 0 Å². The summed E-state index contributed by atoms with van der Waals surface area (Å²) in [7, 11) is 1.95. The summed E-state index contributed by atoms with van der Waals surface area (Å²) in [4.78, 5) is 12.4. The first-order chi connectivity index (χ1) is 4.75. The van der Waals surface area contributed by atoms with Gasteiger partial charge in [0, 0.05) is 5.92 Å². The SMILES string of the molecule is CN1CCCC(C=O)C1Cl. The molecule has 0 spiro atoms. The van der Waals surface area contributed by atoms with Gasteiger partial charge in [0.1, 0.15) is 6.29 Å². The molecule has 0 saturated carbocycles. The molecule has 10 heavy (non-hydrogen) atoms. The van der Waals surface area contributed by atoms with Crippen molar-refractivity contribution < 1.29 is 4.79 Å². The molecule has 2 atom stereocenters. The molecule has 0 radical (unpaired) electrons. The third-order valence-corrected chi connectivity index (χ3v) is 2.65. The molecule has 1 saturated heterocycles. The average Bonchev–Trinajstić information content (AvgIpc) is 1.95. The van der Waals surface area contributed by atoms with Crippen LogP contribution in [0.15, 0.2) is 0 Å². The Morgan fingerprint density at radius 2 is 2.40 bits per heavy atom. The molecule has 0 aromatic heterocycles. The lowest BCUT2D eigenvalue weighted by molar-refractivity contribution is -0.113. The summed E-state index contributed by atoms with van der Waals surface area (Å²) in [5.74, 6) is 0.0421. The molecule has 2 nitrogen and oxygen atoms in total. The minimum absolute atomic E-state index is 0.0421. The number of likely N-dealkylation sites (tertiary alicyclic amines) is 1. The van der Waals surface area contributed by atoms with E-state index >= 15 is 0 Å². The summed E-state index contributed by atoms with van der Waals surface area (Å²) in [6.07, 6.45) is 3.00. The van der Waals surface area contributed by atoms with E-state index in [1.807, 2.05) is 11.9 Å². The van der Waals surface area contributed by atoms with Crippen molar-refractivity contribution in [2.75, 3.05) is 13.6 Å². The van der Waals surface area contributed by atoms with Gasteiger partial charge >= 0.3 is 0 Å². The standard InChI is InChI=1S/C7H12ClNO/c1-9-4-2-3-6(5-10)7(9)8/h5-7H,2-4H2,1H3. The predicted octanol–water partition coefficient (Wildman–Crippen LogP) is 1.09. The average molecular weight is 162 g/mol. The van der Waals surface area contributed by atoms with Gasteiger partial charge in [0.25, 0.3) is 0 Å². The highest BCUT2D eigenvalue weighted by Gasteiger charge is 2.26. The largest absolute Gasteiger partial charge is 0.303 e. The number of nitrogens with zero attached hydrogens (tertiary/aromatic N) is 1. The Hall–Kier alpha value is -0.0800. The Labute approximate surface area is 66.1 Å². The second-order valence-electron chi connectivity index (χ2n) is 2.80. The fraction of sp³-hybridized carbons (Fsp3) is 0.857. The fourth-order valence-corrected chi connectivity index (χ4v) is 1.58. The molecule has 58 valence electrons. The molecular formula is C7H12ClNO. The molecule has 0 aliphatic carbocycles. The molecule has 1 aliphatic rings. The van der Waals surface area contributed by atoms with E-state index in [4.69, 9.17) is 11.6 Å². The molecule has 0 N–H and O–H groups in total. The Bertz CT molecular complexity index is 129. The number of rotatable bonds is 1. The molecule has 2 unspecified atom stereocenters. The van der Waals surface area contributed by atoms with Crippen LogP contribution in [0, 0.1) is 5.92 Å². The number of hydrogen-bond donors (Lipinski definition) is 0. The Balaban J connectivity index is 2.50. The van der Waals surface area contributed by atoms with Crippen LogP contribution < -0.4 is 0 Å². The van der Waals surface area contributed by atoms with Gasteiger partial charge in [-0.15, -0.1) is 11.6 Å². The van der Waals surface area contributed by atoms with Crippen molar-refractivity contribution in [2.24, 2.45) is 5.92 Å². The van der Waals surface area contributed by atoms with E-state index in [1.165, 1.54) is 0 Å². The highest BCUT2D eigenvalue weighted by molar-refractivity contribution is 6.21. The number of aldehydes is 1. The zero-order valence-electron chi connectivity index (χ0n) is 6.09. The van der Waals surface area contributed by atoms with E-state index in [-0.39, 0.29) is 11.4 Å². The van der Waals surface area contributed by atoms with Crippen LogP contribution in [0.4, 0.5) is 0 Å². The Morgan fingerprint density at radius 1 is 1.70 bits per heavy atom. The van der Waals surface area contributed by atoms with Crippen LogP contribution in [0.25, 0.3) is 0 Å². The molecule has 1 heterocycles. The summed E-state index contributed by atoms with van der Waals surface area (Å²) in [5.41, 5.74) is -0.0775. The maximum Gasteiger partial charge on any atom is 0.125 e. The Kier molecular flexibility index (Phi) is 2.69. The van der Waals surface area contributed by atoms with Crippen molar-refractivity contribution >= 4 is 17.9 Å². The highest BCUT2D eigenvalue weighted by atomic mass is 35.5. The number of alkyl halides is 1. The zero-order valence-corrected chi connectivity index (χ0v) is 6.84.